The van der Waals surface area contributed by atoms with Crippen LogP contribution in [0, 0.1) is 11.8 Å². The fourth-order valence-electron chi connectivity index (χ4n) is 2.71. The quantitative estimate of drug-likeness (QED) is 0.748. The highest BCUT2D eigenvalue weighted by molar-refractivity contribution is 5.78. The summed E-state index contributed by atoms with van der Waals surface area (Å²) in [5.74, 6) is 1.61. The van der Waals surface area contributed by atoms with E-state index >= 15 is 0 Å². The van der Waals surface area contributed by atoms with Crippen molar-refractivity contribution in [2.24, 2.45) is 11.8 Å². The van der Waals surface area contributed by atoms with Gasteiger partial charge in [-0.15, -0.1) is 0 Å². The van der Waals surface area contributed by atoms with E-state index in [1.54, 1.807) is 0 Å². The molecule has 0 aromatic rings. The molecule has 1 amide bonds. The third-order valence-corrected chi connectivity index (χ3v) is 4.12. The van der Waals surface area contributed by atoms with Crippen LogP contribution in [0.25, 0.3) is 0 Å². The zero-order valence-electron chi connectivity index (χ0n) is 11.8. The lowest BCUT2D eigenvalue weighted by atomic mass is 9.98. The Kier molecular flexibility index (Phi) is 5.96. The van der Waals surface area contributed by atoms with Crippen LogP contribution in [0.4, 0.5) is 0 Å². The molecule has 2 N–H and O–H groups in total. The molecule has 0 spiro atoms. The van der Waals surface area contributed by atoms with Crippen molar-refractivity contribution in [1.82, 2.24) is 10.6 Å². The monoisotopic (exact) mass is 240 g/mol. The van der Waals surface area contributed by atoms with Crippen LogP contribution in [0.5, 0.6) is 0 Å². The zero-order chi connectivity index (χ0) is 12.8. The van der Waals surface area contributed by atoms with E-state index in [4.69, 9.17) is 0 Å². The molecule has 17 heavy (non-hydrogen) atoms. The van der Waals surface area contributed by atoms with Crippen molar-refractivity contribution in [1.29, 1.82) is 0 Å². The summed E-state index contributed by atoms with van der Waals surface area (Å²) in [5, 5.41) is 6.43. The van der Waals surface area contributed by atoms with Crippen LogP contribution >= 0.6 is 0 Å². The third kappa shape index (κ3) is 4.66. The molecule has 0 saturated heterocycles. The summed E-state index contributed by atoms with van der Waals surface area (Å²) in [6, 6.07) is 0.825. The number of hydrogen-bond acceptors (Lipinski definition) is 2. The van der Waals surface area contributed by atoms with Crippen LogP contribution < -0.4 is 10.6 Å². The summed E-state index contributed by atoms with van der Waals surface area (Å²) in [4.78, 5) is 11.7. The van der Waals surface area contributed by atoms with Crippen molar-refractivity contribution in [2.75, 3.05) is 6.54 Å². The molecule has 1 saturated carbocycles. The van der Waals surface area contributed by atoms with Gasteiger partial charge in [-0.2, -0.15) is 0 Å². The minimum absolute atomic E-state index is 0.137. The molecular formula is C14H28N2O. The maximum atomic E-state index is 11.7. The van der Waals surface area contributed by atoms with Gasteiger partial charge < -0.3 is 10.6 Å². The molecule has 0 heterocycles. The van der Waals surface area contributed by atoms with Crippen molar-refractivity contribution in [3.63, 3.8) is 0 Å². The summed E-state index contributed by atoms with van der Waals surface area (Å²) >= 11 is 0. The van der Waals surface area contributed by atoms with Gasteiger partial charge in [-0.1, -0.05) is 27.2 Å². The van der Waals surface area contributed by atoms with Gasteiger partial charge in [0.25, 0.3) is 0 Å². The van der Waals surface area contributed by atoms with E-state index in [0.29, 0.717) is 24.5 Å². The summed E-state index contributed by atoms with van der Waals surface area (Å²) in [6.07, 6.45) is 4.67. The van der Waals surface area contributed by atoms with Gasteiger partial charge in [0.15, 0.2) is 0 Å². The first-order valence-electron chi connectivity index (χ1n) is 7.07. The lowest BCUT2D eigenvalue weighted by Crippen LogP contribution is -2.43. The van der Waals surface area contributed by atoms with Gasteiger partial charge in [-0.25, -0.2) is 0 Å². The molecule has 0 aliphatic heterocycles. The molecule has 1 aliphatic rings. The van der Waals surface area contributed by atoms with Gasteiger partial charge in [0.05, 0.1) is 6.54 Å². The Bertz CT molecular complexity index is 242. The standard InChI is InChI=1S/C14H28N2O/c1-5-6-11(3)16-14(17)9-15-13-8-7-10(2)12(13)4/h10-13,15H,5-9H2,1-4H3,(H,16,17). The van der Waals surface area contributed by atoms with Gasteiger partial charge in [0, 0.05) is 12.1 Å². The Morgan fingerprint density at radius 3 is 2.59 bits per heavy atom. The lowest BCUT2D eigenvalue weighted by Gasteiger charge is -2.20. The van der Waals surface area contributed by atoms with Crippen molar-refractivity contribution in [3.05, 3.63) is 0 Å². The van der Waals surface area contributed by atoms with E-state index < -0.39 is 0 Å². The first-order chi connectivity index (χ1) is 8.04. The third-order valence-electron chi connectivity index (χ3n) is 4.12. The molecule has 100 valence electrons. The van der Waals surface area contributed by atoms with E-state index in [0.717, 1.165) is 18.8 Å². The van der Waals surface area contributed by atoms with E-state index in [-0.39, 0.29) is 5.91 Å². The average molecular weight is 240 g/mol. The Balaban J connectivity index is 2.20. The van der Waals surface area contributed by atoms with Crippen LogP contribution in [0.3, 0.4) is 0 Å². The number of amides is 1. The summed E-state index contributed by atoms with van der Waals surface area (Å²) in [7, 11) is 0. The molecule has 0 aromatic heterocycles. The molecule has 1 aliphatic carbocycles. The molecule has 0 bridgehead atoms. The first kappa shape index (κ1) is 14.5. The Hall–Kier alpha value is -0.570. The predicted molar refractivity (Wildman–Crippen MR) is 71.9 cm³/mol. The molecule has 1 fully saturated rings. The second-order valence-corrected chi connectivity index (χ2v) is 5.66. The fourth-order valence-corrected chi connectivity index (χ4v) is 2.71. The van der Waals surface area contributed by atoms with Crippen molar-refractivity contribution in [2.45, 2.75) is 65.5 Å². The summed E-state index contributed by atoms with van der Waals surface area (Å²) in [5.41, 5.74) is 0. The first-order valence-corrected chi connectivity index (χ1v) is 7.07. The number of carbonyl (C=O) groups excluding carboxylic acids is 1. The van der Waals surface area contributed by atoms with Gasteiger partial charge in [0.1, 0.15) is 0 Å². The van der Waals surface area contributed by atoms with E-state index in [2.05, 4.69) is 38.3 Å². The minimum Gasteiger partial charge on any atom is -0.353 e. The van der Waals surface area contributed by atoms with Crippen molar-refractivity contribution >= 4 is 5.91 Å². The van der Waals surface area contributed by atoms with Crippen LogP contribution in [-0.4, -0.2) is 24.5 Å². The van der Waals surface area contributed by atoms with Crippen molar-refractivity contribution < 1.29 is 4.79 Å². The molecule has 3 nitrogen and oxygen atoms in total. The second kappa shape index (κ2) is 7.00. The molecule has 4 unspecified atom stereocenters. The van der Waals surface area contributed by atoms with Gasteiger partial charge in [-0.05, 0) is 38.0 Å². The van der Waals surface area contributed by atoms with Crippen LogP contribution in [-0.2, 0) is 4.79 Å². The molecule has 4 atom stereocenters. The van der Waals surface area contributed by atoms with Gasteiger partial charge >= 0.3 is 0 Å². The Labute approximate surface area is 106 Å². The minimum atomic E-state index is 0.137. The highest BCUT2D eigenvalue weighted by atomic mass is 16.1. The second-order valence-electron chi connectivity index (χ2n) is 5.66. The normalized spacial score (nSPS) is 30.2. The molecule has 0 radical (unpaired) electrons. The van der Waals surface area contributed by atoms with E-state index in [9.17, 15) is 4.79 Å². The molecular weight excluding hydrogens is 212 g/mol. The Morgan fingerprint density at radius 1 is 1.35 bits per heavy atom. The smallest absolute Gasteiger partial charge is 0.234 e. The zero-order valence-corrected chi connectivity index (χ0v) is 11.8. The SMILES string of the molecule is CCCC(C)NC(=O)CNC1CCC(C)C1C. The maximum absolute atomic E-state index is 11.7. The lowest BCUT2D eigenvalue weighted by molar-refractivity contribution is -0.121. The topological polar surface area (TPSA) is 41.1 Å². The number of rotatable bonds is 6. The number of carbonyl (C=O) groups is 1. The van der Waals surface area contributed by atoms with E-state index in [1.807, 2.05) is 0 Å². The highest BCUT2D eigenvalue weighted by Crippen LogP contribution is 2.30. The summed E-state index contributed by atoms with van der Waals surface area (Å²) in [6.45, 7) is 9.27. The average Bonchev–Trinajstić information content (AvgIpc) is 2.57. The predicted octanol–water partition coefficient (Wildman–Crippen LogP) is 2.32. The molecule has 1 rings (SSSR count). The fraction of sp³-hybridized carbons (Fsp3) is 0.929. The van der Waals surface area contributed by atoms with Crippen LogP contribution in [0.15, 0.2) is 0 Å². The van der Waals surface area contributed by atoms with Crippen LogP contribution in [0.2, 0.25) is 0 Å². The largest absolute Gasteiger partial charge is 0.353 e. The summed E-state index contributed by atoms with van der Waals surface area (Å²) < 4.78 is 0. The molecule has 3 heteroatoms. The van der Waals surface area contributed by atoms with Crippen molar-refractivity contribution in [3.8, 4) is 0 Å². The molecule has 0 aromatic carbocycles. The van der Waals surface area contributed by atoms with E-state index in [1.165, 1.54) is 12.8 Å². The maximum Gasteiger partial charge on any atom is 0.234 e. The van der Waals surface area contributed by atoms with Gasteiger partial charge in [0.2, 0.25) is 5.91 Å². The number of nitrogens with one attached hydrogen (secondary N) is 2. The Morgan fingerprint density at radius 2 is 2.06 bits per heavy atom. The van der Waals surface area contributed by atoms with Gasteiger partial charge in [-0.3, -0.25) is 4.79 Å². The highest BCUT2D eigenvalue weighted by Gasteiger charge is 2.29. The number of hydrogen-bond donors (Lipinski definition) is 2. The van der Waals surface area contributed by atoms with Crippen LogP contribution in [0.1, 0.15) is 53.4 Å².